The van der Waals surface area contributed by atoms with E-state index in [1.165, 1.54) is 12.1 Å². The number of benzene rings is 1. The van der Waals surface area contributed by atoms with E-state index in [2.05, 4.69) is 15.0 Å². The molecule has 3 heterocycles. The van der Waals surface area contributed by atoms with Crippen molar-refractivity contribution in [3.8, 4) is 5.75 Å². The van der Waals surface area contributed by atoms with E-state index in [-0.39, 0.29) is 29.5 Å². The van der Waals surface area contributed by atoms with E-state index in [9.17, 15) is 18.0 Å². The van der Waals surface area contributed by atoms with Crippen LogP contribution >= 0.6 is 0 Å². The van der Waals surface area contributed by atoms with Crippen molar-refractivity contribution < 1.29 is 17.9 Å². The number of hydrogen-bond acceptors (Lipinski definition) is 5. The highest BCUT2D eigenvalue weighted by atomic mass is 19.4. The molecule has 1 aromatic carbocycles. The Bertz CT molecular complexity index is 1180. The van der Waals surface area contributed by atoms with Gasteiger partial charge in [0.1, 0.15) is 23.1 Å². The molecule has 2 aliphatic rings. The highest BCUT2D eigenvalue weighted by Crippen LogP contribution is 2.33. The lowest BCUT2D eigenvalue weighted by atomic mass is 10.1. The first-order valence-corrected chi connectivity index (χ1v) is 10.8. The van der Waals surface area contributed by atoms with E-state index < -0.39 is 11.7 Å². The van der Waals surface area contributed by atoms with Crippen LogP contribution < -0.4 is 10.3 Å². The summed E-state index contributed by atoms with van der Waals surface area (Å²) in [6, 6.07) is 5.02. The van der Waals surface area contributed by atoms with Gasteiger partial charge in [0.2, 0.25) is 0 Å². The van der Waals surface area contributed by atoms with Crippen LogP contribution in [-0.4, -0.2) is 43.8 Å². The maximum absolute atomic E-state index is 12.9. The topological polar surface area (TPSA) is 76.0 Å². The van der Waals surface area contributed by atoms with Gasteiger partial charge in [0.25, 0.3) is 5.56 Å². The highest BCUT2D eigenvalue weighted by molar-refractivity contribution is 5.73. The molecule has 1 saturated heterocycles. The number of halogens is 3. The summed E-state index contributed by atoms with van der Waals surface area (Å²) < 4.78 is 46.3. The van der Waals surface area contributed by atoms with Gasteiger partial charge in [0, 0.05) is 13.1 Å². The van der Waals surface area contributed by atoms with Crippen molar-refractivity contribution in [1.82, 2.24) is 24.6 Å². The summed E-state index contributed by atoms with van der Waals surface area (Å²) in [5.74, 6) is 0.755. The fourth-order valence-electron chi connectivity index (χ4n) is 4.54. The molecule has 0 unspecified atom stereocenters. The number of rotatable bonds is 5. The molecule has 1 aliphatic carbocycles. The van der Waals surface area contributed by atoms with Crippen LogP contribution in [0.1, 0.15) is 56.1 Å². The van der Waals surface area contributed by atoms with Crippen LogP contribution in [-0.2, 0) is 6.18 Å². The fraction of sp³-hybridized carbons (Fsp3) is 0.500. The first-order valence-electron chi connectivity index (χ1n) is 10.8. The average molecular weight is 447 g/mol. The Labute approximate surface area is 182 Å². The van der Waals surface area contributed by atoms with Crippen molar-refractivity contribution in [2.75, 3.05) is 13.1 Å². The lowest BCUT2D eigenvalue weighted by Crippen LogP contribution is -2.54. The molecule has 1 atom stereocenters. The van der Waals surface area contributed by atoms with Gasteiger partial charge >= 0.3 is 6.18 Å². The summed E-state index contributed by atoms with van der Waals surface area (Å²) in [5, 5.41) is 4.91. The largest absolute Gasteiger partial charge is 0.488 e. The zero-order valence-corrected chi connectivity index (χ0v) is 17.6. The second kappa shape index (κ2) is 7.91. The summed E-state index contributed by atoms with van der Waals surface area (Å²) in [6.07, 6.45) is 1.34. The van der Waals surface area contributed by atoms with Crippen molar-refractivity contribution in [2.45, 2.75) is 57.0 Å². The molecular weight excluding hydrogens is 423 g/mol. The predicted molar refractivity (Wildman–Crippen MR) is 112 cm³/mol. The molecule has 5 rings (SSSR count). The van der Waals surface area contributed by atoms with Crippen LogP contribution in [0.3, 0.4) is 0 Å². The van der Waals surface area contributed by atoms with E-state index in [4.69, 9.17) is 9.72 Å². The quantitative estimate of drug-likeness (QED) is 0.638. The molecule has 32 heavy (non-hydrogen) atoms. The van der Waals surface area contributed by atoms with Gasteiger partial charge in [0.15, 0.2) is 5.65 Å². The number of likely N-dealkylation sites (tertiary alicyclic amines) is 1. The third-order valence-electron chi connectivity index (χ3n) is 6.44. The van der Waals surface area contributed by atoms with Crippen LogP contribution in [0.15, 0.2) is 35.3 Å². The SMILES string of the molecule is C[C@H](c1nc2c(cnn2C2CCCC2)c(=O)[nH]1)N1CC(Oc2cccc(C(F)(F)F)c2)C1. The number of alkyl halides is 3. The third-order valence-corrected chi connectivity index (χ3v) is 6.44. The van der Waals surface area contributed by atoms with Gasteiger partial charge in [0.05, 0.1) is 23.8 Å². The van der Waals surface area contributed by atoms with Crippen LogP contribution in [0.5, 0.6) is 5.75 Å². The van der Waals surface area contributed by atoms with E-state index in [1.54, 1.807) is 6.20 Å². The number of hydrogen-bond donors (Lipinski definition) is 1. The number of fused-ring (bicyclic) bond motifs is 1. The Morgan fingerprint density at radius 1 is 1.22 bits per heavy atom. The minimum absolute atomic E-state index is 0.166. The summed E-state index contributed by atoms with van der Waals surface area (Å²) in [6.45, 7) is 3.00. The molecule has 1 N–H and O–H groups in total. The van der Waals surface area contributed by atoms with E-state index in [0.29, 0.717) is 29.9 Å². The summed E-state index contributed by atoms with van der Waals surface area (Å²) >= 11 is 0. The van der Waals surface area contributed by atoms with E-state index in [1.807, 2.05) is 11.6 Å². The van der Waals surface area contributed by atoms with Crippen LogP contribution in [0.2, 0.25) is 0 Å². The Hall–Kier alpha value is -2.88. The average Bonchev–Trinajstić information content (AvgIpc) is 3.39. The maximum atomic E-state index is 12.9. The fourth-order valence-corrected chi connectivity index (χ4v) is 4.54. The van der Waals surface area contributed by atoms with E-state index in [0.717, 1.165) is 37.8 Å². The van der Waals surface area contributed by atoms with Crippen molar-refractivity contribution in [2.24, 2.45) is 0 Å². The molecule has 0 bridgehead atoms. The molecule has 1 aliphatic heterocycles. The molecule has 0 spiro atoms. The second-order valence-electron chi connectivity index (χ2n) is 8.61. The molecule has 2 fully saturated rings. The first kappa shape index (κ1) is 21.0. The molecule has 7 nitrogen and oxygen atoms in total. The maximum Gasteiger partial charge on any atom is 0.416 e. The summed E-state index contributed by atoms with van der Waals surface area (Å²) in [7, 11) is 0. The summed E-state index contributed by atoms with van der Waals surface area (Å²) in [4.78, 5) is 22.3. The summed E-state index contributed by atoms with van der Waals surface area (Å²) in [5.41, 5.74) is -0.327. The standard InChI is InChI=1S/C22H24F3N5O2/c1-13(29-11-17(12-29)32-16-8-4-5-14(9-16)22(23,24)25)19-27-20-18(21(31)28-19)10-26-30(20)15-6-2-3-7-15/h4-5,8-10,13,15,17H,2-3,6-7,11-12H2,1H3,(H,27,28,31)/t13-/m1/s1. The monoisotopic (exact) mass is 447 g/mol. The molecule has 10 heteroatoms. The Morgan fingerprint density at radius 3 is 2.69 bits per heavy atom. The number of aromatic nitrogens is 4. The lowest BCUT2D eigenvalue weighted by Gasteiger charge is -2.42. The van der Waals surface area contributed by atoms with Crippen molar-refractivity contribution in [3.63, 3.8) is 0 Å². The van der Waals surface area contributed by atoms with Gasteiger partial charge in [-0.05, 0) is 38.0 Å². The van der Waals surface area contributed by atoms with E-state index >= 15 is 0 Å². The van der Waals surface area contributed by atoms with Crippen molar-refractivity contribution in [1.29, 1.82) is 0 Å². The minimum atomic E-state index is -4.40. The zero-order chi connectivity index (χ0) is 22.5. The Kier molecular flexibility index (Phi) is 5.19. The van der Waals surface area contributed by atoms with Crippen LogP contribution in [0, 0.1) is 0 Å². The molecule has 0 amide bonds. The Morgan fingerprint density at radius 2 is 1.97 bits per heavy atom. The molecule has 3 aromatic rings. The minimum Gasteiger partial charge on any atom is -0.488 e. The molecule has 1 saturated carbocycles. The number of H-pyrrole nitrogens is 1. The van der Waals surface area contributed by atoms with Crippen molar-refractivity contribution in [3.05, 3.63) is 52.2 Å². The van der Waals surface area contributed by atoms with Gasteiger partial charge in [-0.15, -0.1) is 0 Å². The van der Waals surface area contributed by atoms with Gasteiger partial charge in [-0.2, -0.15) is 18.3 Å². The predicted octanol–water partition coefficient (Wildman–Crippen LogP) is 4.08. The number of nitrogens with zero attached hydrogens (tertiary/aromatic N) is 4. The van der Waals surface area contributed by atoms with Gasteiger partial charge in [-0.25, -0.2) is 9.67 Å². The normalized spacial score (nSPS) is 19.4. The van der Waals surface area contributed by atoms with Crippen LogP contribution in [0.4, 0.5) is 13.2 Å². The van der Waals surface area contributed by atoms with Gasteiger partial charge in [-0.1, -0.05) is 18.9 Å². The zero-order valence-electron chi connectivity index (χ0n) is 17.6. The second-order valence-corrected chi connectivity index (χ2v) is 8.61. The van der Waals surface area contributed by atoms with Crippen molar-refractivity contribution >= 4 is 11.0 Å². The smallest absolute Gasteiger partial charge is 0.416 e. The highest BCUT2D eigenvalue weighted by Gasteiger charge is 2.35. The molecular formula is C22H24F3N5O2. The van der Waals surface area contributed by atoms with Crippen LogP contribution in [0.25, 0.3) is 11.0 Å². The molecule has 170 valence electrons. The van der Waals surface area contributed by atoms with Gasteiger partial charge < -0.3 is 9.72 Å². The number of aromatic amines is 1. The number of nitrogens with one attached hydrogen (secondary N) is 1. The first-order chi connectivity index (χ1) is 15.3. The number of ether oxygens (including phenoxy) is 1. The molecule has 0 radical (unpaired) electrons. The Balaban J connectivity index is 1.28. The van der Waals surface area contributed by atoms with Gasteiger partial charge in [-0.3, -0.25) is 9.69 Å². The lowest BCUT2D eigenvalue weighted by molar-refractivity contribution is -0.137. The molecule has 2 aromatic heterocycles. The third kappa shape index (κ3) is 3.87.